The monoisotopic (exact) mass is 303 g/mol. The maximum Gasteiger partial charge on any atom is 0.127 e. The van der Waals surface area contributed by atoms with E-state index < -0.39 is 0 Å². The molecule has 0 aromatic heterocycles. The third-order valence-corrected chi connectivity index (χ3v) is 3.02. The van der Waals surface area contributed by atoms with Crippen molar-refractivity contribution < 1.29 is 4.39 Å². The Balaban J connectivity index is 2.55. The van der Waals surface area contributed by atoms with Crippen LogP contribution in [0.5, 0.6) is 0 Å². The number of benzene rings is 1. The van der Waals surface area contributed by atoms with Crippen molar-refractivity contribution in [3.05, 3.63) is 34.1 Å². The Labute approximate surface area is 109 Å². The van der Waals surface area contributed by atoms with Gasteiger partial charge in [0.15, 0.2) is 0 Å². The van der Waals surface area contributed by atoms with Crippen LogP contribution in [0.2, 0.25) is 0 Å². The standard InChI is InChI=1S/C12H15BrFNS/c1-12(2,3)16-15-7-6-9-4-5-10(13)8-11(9)14/h4-5,7-8H,6H2,1-3H3/b15-7+. The summed E-state index contributed by atoms with van der Waals surface area (Å²) in [5.41, 5.74) is 0.668. The molecule has 0 heterocycles. The van der Waals surface area contributed by atoms with Crippen LogP contribution in [0.3, 0.4) is 0 Å². The van der Waals surface area contributed by atoms with Crippen LogP contribution in [-0.4, -0.2) is 11.0 Å². The van der Waals surface area contributed by atoms with E-state index in [4.69, 9.17) is 0 Å². The van der Waals surface area contributed by atoms with Crippen molar-refractivity contribution in [2.45, 2.75) is 31.9 Å². The number of hydrogen-bond acceptors (Lipinski definition) is 2. The first-order chi connectivity index (χ1) is 7.38. The highest BCUT2D eigenvalue weighted by Gasteiger charge is 2.09. The second-order valence-electron chi connectivity index (χ2n) is 4.43. The summed E-state index contributed by atoms with van der Waals surface area (Å²) in [6, 6.07) is 5.08. The van der Waals surface area contributed by atoms with E-state index >= 15 is 0 Å². The van der Waals surface area contributed by atoms with Gasteiger partial charge in [0.1, 0.15) is 5.82 Å². The van der Waals surface area contributed by atoms with Crippen LogP contribution in [0, 0.1) is 5.82 Å². The Kier molecular flexibility index (Phi) is 4.99. The van der Waals surface area contributed by atoms with Gasteiger partial charge in [-0.3, -0.25) is 0 Å². The Morgan fingerprint density at radius 3 is 2.69 bits per heavy atom. The fourth-order valence-corrected chi connectivity index (χ4v) is 1.82. The van der Waals surface area contributed by atoms with E-state index in [9.17, 15) is 4.39 Å². The van der Waals surface area contributed by atoms with Crippen molar-refractivity contribution in [2.75, 3.05) is 0 Å². The molecule has 0 N–H and O–H groups in total. The molecule has 0 saturated carbocycles. The van der Waals surface area contributed by atoms with Crippen molar-refractivity contribution in [3.63, 3.8) is 0 Å². The first-order valence-corrected chi connectivity index (χ1v) is 6.59. The molecule has 0 fully saturated rings. The van der Waals surface area contributed by atoms with Gasteiger partial charge in [0.2, 0.25) is 0 Å². The minimum absolute atomic E-state index is 0.106. The maximum absolute atomic E-state index is 13.4. The lowest BCUT2D eigenvalue weighted by molar-refractivity contribution is 0.615. The van der Waals surface area contributed by atoms with Gasteiger partial charge in [-0.15, -0.1) is 0 Å². The van der Waals surface area contributed by atoms with Gasteiger partial charge >= 0.3 is 0 Å². The molecular formula is C12H15BrFNS. The fourth-order valence-electron chi connectivity index (χ4n) is 1.02. The summed E-state index contributed by atoms with van der Waals surface area (Å²) in [4.78, 5) is 0. The zero-order valence-corrected chi connectivity index (χ0v) is 12.0. The lowest BCUT2D eigenvalue weighted by atomic mass is 10.1. The Hall–Kier alpha value is -0.350. The average Bonchev–Trinajstić information content (AvgIpc) is 2.13. The molecule has 0 saturated heterocycles. The Bertz CT molecular complexity index is 385. The zero-order chi connectivity index (χ0) is 12.2. The van der Waals surface area contributed by atoms with E-state index in [0.29, 0.717) is 12.0 Å². The highest BCUT2D eigenvalue weighted by molar-refractivity contribution is 9.10. The molecule has 0 unspecified atom stereocenters. The molecular weight excluding hydrogens is 289 g/mol. The van der Waals surface area contributed by atoms with Gasteiger partial charge in [-0.25, -0.2) is 8.79 Å². The van der Waals surface area contributed by atoms with Gasteiger partial charge in [0, 0.05) is 21.9 Å². The maximum atomic E-state index is 13.4. The topological polar surface area (TPSA) is 12.4 Å². The molecule has 0 spiro atoms. The Morgan fingerprint density at radius 2 is 2.12 bits per heavy atom. The van der Waals surface area contributed by atoms with Gasteiger partial charge in [0.05, 0.1) is 0 Å². The number of rotatable bonds is 3. The minimum Gasteiger partial charge on any atom is -0.228 e. The number of hydrogen-bond donors (Lipinski definition) is 0. The van der Waals surface area contributed by atoms with Crippen LogP contribution in [0.1, 0.15) is 26.3 Å². The summed E-state index contributed by atoms with van der Waals surface area (Å²) in [6.45, 7) is 6.28. The number of nitrogens with zero attached hydrogens (tertiary/aromatic N) is 1. The van der Waals surface area contributed by atoms with Crippen molar-refractivity contribution in [1.82, 2.24) is 0 Å². The highest BCUT2D eigenvalue weighted by atomic mass is 79.9. The number of halogens is 2. The van der Waals surface area contributed by atoms with Crippen LogP contribution in [-0.2, 0) is 6.42 Å². The van der Waals surface area contributed by atoms with Crippen LogP contribution in [0.15, 0.2) is 27.1 Å². The second-order valence-corrected chi connectivity index (χ2v) is 6.97. The van der Waals surface area contributed by atoms with E-state index in [1.165, 1.54) is 18.0 Å². The first kappa shape index (κ1) is 13.7. The van der Waals surface area contributed by atoms with Crippen molar-refractivity contribution in [1.29, 1.82) is 0 Å². The summed E-state index contributed by atoms with van der Waals surface area (Å²) in [6.07, 6.45) is 2.28. The average molecular weight is 304 g/mol. The molecule has 4 heteroatoms. The second kappa shape index (κ2) is 5.82. The molecule has 1 aromatic carbocycles. The molecule has 0 radical (unpaired) electrons. The van der Waals surface area contributed by atoms with Gasteiger partial charge in [-0.05, 0) is 50.4 Å². The molecule has 16 heavy (non-hydrogen) atoms. The largest absolute Gasteiger partial charge is 0.228 e. The summed E-state index contributed by atoms with van der Waals surface area (Å²) in [5, 5.41) is 0. The van der Waals surface area contributed by atoms with E-state index in [1.807, 2.05) is 6.07 Å². The molecule has 1 rings (SSSR count). The molecule has 88 valence electrons. The van der Waals surface area contributed by atoms with E-state index in [2.05, 4.69) is 41.1 Å². The van der Waals surface area contributed by atoms with E-state index in [1.54, 1.807) is 12.3 Å². The molecule has 0 aliphatic heterocycles. The highest BCUT2D eigenvalue weighted by Crippen LogP contribution is 2.23. The summed E-state index contributed by atoms with van der Waals surface area (Å²) in [5.74, 6) is -0.193. The molecule has 0 aliphatic carbocycles. The van der Waals surface area contributed by atoms with Crippen molar-refractivity contribution >= 4 is 34.1 Å². The molecule has 1 aromatic rings. The van der Waals surface area contributed by atoms with E-state index in [0.717, 1.165) is 4.47 Å². The summed E-state index contributed by atoms with van der Waals surface area (Å²) in [7, 11) is 0. The quantitative estimate of drug-likeness (QED) is 0.585. The fraction of sp³-hybridized carbons (Fsp3) is 0.417. The molecule has 0 bridgehead atoms. The molecule has 0 atom stereocenters. The summed E-state index contributed by atoms with van der Waals surface area (Å²) < 4.78 is 18.5. The van der Waals surface area contributed by atoms with Gasteiger partial charge in [-0.2, -0.15) is 0 Å². The van der Waals surface area contributed by atoms with Gasteiger partial charge < -0.3 is 0 Å². The Morgan fingerprint density at radius 1 is 1.44 bits per heavy atom. The van der Waals surface area contributed by atoms with Gasteiger partial charge in [0.25, 0.3) is 0 Å². The first-order valence-electron chi connectivity index (χ1n) is 5.02. The van der Waals surface area contributed by atoms with Crippen LogP contribution >= 0.6 is 27.9 Å². The van der Waals surface area contributed by atoms with Gasteiger partial charge in [-0.1, -0.05) is 22.0 Å². The lowest BCUT2D eigenvalue weighted by Gasteiger charge is -2.12. The van der Waals surface area contributed by atoms with Crippen LogP contribution in [0.4, 0.5) is 4.39 Å². The SMILES string of the molecule is CC(C)(C)S/N=C/Cc1ccc(Br)cc1F. The third kappa shape index (κ3) is 5.12. The zero-order valence-electron chi connectivity index (χ0n) is 9.63. The summed E-state index contributed by atoms with van der Waals surface area (Å²) >= 11 is 4.73. The normalized spacial score (nSPS) is 12.3. The van der Waals surface area contributed by atoms with Crippen molar-refractivity contribution in [3.8, 4) is 0 Å². The van der Waals surface area contributed by atoms with E-state index in [-0.39, 0.29) is 10.6 Å². The smallest absolute Gasteiger partial charge is 0.127 e. The molecule has 0 aliphatic rings. The molecule has 1 nitrogen and oxygen atoms in total. The van der Waals surface area contributed by atoms with Crippen LogP contribution in [0.25, 0.3) is 0 Å². The minimum atomic E-state index is -0.193. The third-order valence-electron chi connectivity index (χ3n) is 1.73. The lowest BCUT2D eigenvalue weighted by Crippen LogP contribution is -2.05. The molecule has 0 amide bonds. The van der Waals surface area contributed by atoms with Crippen LogP contribution < -0.4 is 0 Å². The predicted octanol–water partition coefficient (Wildman–Crippen LogP) is 4.65. The predicted molar refractivity (Wildman–Crippen MR) is 73.6 cm³/mol. The van der Waals surface area contributed by atoms with Crippen molar-refractivity contribution in [2.24, 2.45) is 4.40 Å².